The van der Waals surface area contributed by atoms with Gasteiger partial charge in [0, 0.05) is 49.3 Å². The molecule has 0 aliphatic carbocycles. The molecule has 0 bridgehead atoms. The van der Waals surface area contributed by atoms with E-state index >= 15 is 0 Å². The van der Waals surface area contributed by atoms with Gasteiger partial charge in [-0.1, -0.05) is 17.9 Å². The average Bonchev–Trinajstić information content (AvgIpc) is 3.03. The quantitative estimate of drug-likeness (QED) is 0.605. The highest BCUT2D eigenvalue weighted by molar-refractivity contribution is 5.57. The maximum Gasteiger partial charge on any atom is 0.171 e. The van der Waals surface area contributed by atoms with Crippen molar-refractivity contribution in [2.24, 2.45) is 0 Å². The van der Waals surface area contributed by atoms with Gasteiger partial charge >= 0.3 is 0 Å². The van der Waals surface area contributed by atoms with Crippen molar-refractivity contribution in [2.45, 2.75) is 24.9 Å². The zero-order valence-electron chi connectivity index (χ0n) is 14.1. The first kappa shape index (κ1) is 15.7. The molecule has 0 spiro atoms. The second kappa shape index (κ2) is 6.61. The van der Waals surface area contributed by atoms with Gasteiger partial charge in [-0.3, -0.25) is 4.90 Å². The van der Waals surface area contributed by atoms with E-state index in [4.69, 9.17) is 11.5 Å². The summed E-state index contributed by atoms with van der Waals surface area (Å²) in [5, 5.41) is 0. The van der Waals surface area contributed by atoms with Crippen LogP contribution in [0.25, 0.3) is 0 Å². The summed E-state index contributed by atoms with van der Waals surface area (Å²) in [7, 11) is 0. The Bertz CT molecular complexity index is 824. The number of hydrogen-bond acceptors (Lipinski definition) is 6. The highest BCUT2D eigenvalue weighted by atomic mass is 15.3. The Morgan fingerprint density at radius 3 is 2.80 bits per heavy atom. The van der Waals surface area contributed by atoms with Gasteiger partial charge in [-0.15, -0.1) is 0 Å². The molecule has 0 amide bonds. The van der Waals surface area contributed by atoms with Gasteiger partial charge in [-0.05, 0) is 31.0 Å². The number of nitrogen functional groups attached to an aromatic ring is 2. The van der Waals surface area contributed by atoms with Crippen molar-refractivity contribution in [1.82, 2.24) is 14.9 Å². The van der Waals surface area contributed by atoms with Crippen molar-refractivity contribution in [1.29, 1.82) is 0 Å². The van der Waals surface area contributed by atoms with Crippen LogP contribution in [0.15, 0.2) is 36.7 Å². The summed E-state index contributed by atoms with van der Waals surface area (Å²) in [5.41, 5.74) is 13.5. The van der Waals surface area contributed by atoms with Gasteiger partial charge in [0.25, 0.3) is 0 Å². The number of nitrogens with two attached hydrogens (primary N) is 2. The second-order valence-electron chi connectivity index (χ2n) is 6.59. The molecule has 0 unspecified atom stereocenters. The Morgan fingerprint density at radius 2 is 1.96 bits per heavy atom. The summed E-state index contributed by atoms with van der Waals surface area (Å²) in [6.45, 7) is 2.80. The van der Waals surface area contributed by atoms with Crippen LogP contribution in [-0.2, 0) is 0 Å². The van der Waals surface area contributed by atoms with Gasteiger partial charge in [-0.2, -0.15) is 0 Å². The summed E-state index contributed by atoms with van der Waals surface area (Å²) >= 11 is 0. The molecule has 2 aromatic rings. The summed E-state index contributed by atoms with van der Waals surface area (Å²) in [6, 6.07) is 8.57. The molecule has 6 nitrogen and oxygen atoms in total. The summed E-state index contributed by atoms with van der Waals surface area (Å²) in [5.74, 6) is 8.03. The minimum atomic E-state index is 0.313. The Kier molecular flexibility index (Phi) is 4.16. The Morgan fingerprint density at radius 1 is 1.08 bits per heavy atom. The third-order valence-corrected chi connectivity index (χ3v) is 4.98. The van der Waals surface area contributed by atoms with Crippen molar-refractivity contribution < 1.29 is 0 Å². The summed E-state index contributed by atoms with van der Waals surface area (Å²) in [4.78, 5) is 13.3. The molecule has 2 saturated heterocycles. The highest BCUT2D eigenvalue weighted by Gasteiger charge is 2.37. The molecule has 2 fully saturated rings. The van der Waals surface area contributed by atoms with Crippen LogP contribution in [0.3, 0.4) is 0 Å². The lowest BCUT2D eigenvalue weighted by molar-refractivity contribution is 0.203. The average molecular weight is 334 g/mol. The zero-order chi connectivity index (χ0) is 17.2. The first-order chi connectivity index (χ1) is 12.2. The standard InChI is InChI=1S/C19H22N6/c20-15-3-1-2-14(12-15)4-5-16-6-7-17-13-24(10-11-25(16)17)19-18(21)22-8-9-23-19/h1-3,8-9,12,16-17H,6-7,10-11,13,20H2,(H2,21,22)/t16-,17-/m0/s1. The van der Waals surface area contributed by atoms with Gasteiger partial charge in [0.15, 0.2) is 11.6 Å². The predicted molar refractivity (Wildman–Crippen MR) is 99.9 cm³/mol. The van der Waals surface area contributed by atoms with Crippen LogP contribution in [0, 0.1) is 11.8 Å². The molecular formula is C19H22N6. The van der Waals surface area contributed by atoms with Gasteiger partial charge in [0.2, 0.25) is 0 Å². The molecule has 6 heteroatoms. The number of benzene rings is 1. The van der Waals surface area contributed by atoms with E-state index in [-0.39, 0.29) is 0 Å². The van der Waals surface area contributed by atoms with Crippen LogP contribution >= 0.6 is 0 Å². The van der Waals surface area contributed by atoms with Crippen LogP contribution in [-0.4, -0.2) is 46.6 Å². The molecule has 1 aromatic heterocycles. The topological polar surface area (TPSA) is 84.3 Å². The Balaban J connectivity index is 1.45. The van der Waals surface area contributed by atoms with Crippen molar-refractivity contribution >= 4 is 17.3 Å². The molecule has 1 aromatic carbocycles. The van der Waals surface area contributed by atoms with E-state index in [1.165, 1.54) is 0 Å². The predicted octanol–water partition coefficient (Wildman–Crippen LogP) is 1.35. The van der Waals surface area contributed by atoms with E-state index in [9.17, 15) is 0 Å². The van der Waals surface area contributed by atoms with Crippen molar-refractivity contribution in [2.75, 3.05) is 36.0 Å². The Hall–Kier alpha value is -2.78. The SMILES string of the molecule is Nc1cccc(C#C[C@H]2CC[C@H]3CN(c4nccnc4N)CCN32)c1. The number of fused-ring (bicyclic) bond motifs is 1. The monoisotopic (exact) mass is 334 g/mol. The fourth-order valence-electron chi connectivity index (χ4n) is 3.77. The van der Waals surface area contributed by atoms with E-state index in [2.05, 4.69) is 31.6 Å². The van der Waals surface area contributed by atoms with E-state index < -0.39 is 0 Å². The first-order valence-corrected chi connectivity index (χ1v) is 8.65. The molecule has 4 rings (SSSR count). The van der Waals surface area contributed by atoms with Gasteiger partial charge in [-0.25, -0.2) is 9.97 Å². The normalized spacial score (nSPS) is 23.0. The van der Waals surface area contributed by atoms with Gasteiger partial charge < -0.3 is 16.4 Å². The maximum atomic E-state index is 5.98. The zero-order valence-corrected chi connectivity index (χ0v) is 14.1. The molecular weight excluding hydrogens is 312 g/mol. The fourth-order valence-corrected chi connectivity index (χ4v) is 3.77. The van der Waals surface area contributed by atoms with Crippen LogP contribution in [0.4, 0.5) is 17.3 Å². The molecule has 0 saturated carbocycles. The maximum absolute atomic E-state index is 5.98. The lowest BCUT2D eigenvalue weighted by atomic mass is 10.1. The number of aromatic nitrogens is 2. The number of hydrogen-bond donors (Lipinski definition) is 2. The molecule has 3 heterocycles. The molecule has 2 atom stereocenters. The van der Waals surface area contributed by atoms with Crippen LogP contribution in [0.5, 0.6) is 0 Å². The lowest BCUT2D eigenvalue weighted by Crippen LogP contribution is -2.52. The number of rotatable bonds is 1. The molecule has 2 aliphatic rings. The summed E-state index contributed by atoms with van der Waals surface area (Å²) < 4.78 is 0. The second-order valence-corrected chi connectivity index (χ2v) is 6.59. The number of anilines is 3. The van der Waals surface area contributed by atoms with Crippen molar-refractivity contribution in [3.63, 3.8) is 0 Å². The fraction of sp³-hybridized carbons (Fsp3) is 0.368. The van der Waals surface area contributed by atoms with Crippen LogP contribution in [0.2, 0.25) is 0 Å². The highest BCUT2D eigenvalue weighted by Crippen LogP contribution is 2.30. The van der Waals surface area contributed by atoms with Gasteiger partial charge in [0.05, 0.1) is 6.04 Å². The van der Waals surface area contributed by atoms with E-state index in [1.807, 2.05) is 24.3 Å². The number of nitrogens with zero attached hydrogens (tertiary/aromatic N) is 4. The van der Waals surface area contributed by atoms with E-state index in [0.29, 0.717) is 17.9 Å². The number of piperazine rings is 1. The molecule has 0 radical (unpaired) electrons. The van der Waals surface area contributed by atoms with Crippen molar-refractivity contribution in [3.8, 4) is 11.8 Å². The molecule has 128 valence electrons. The third kappa shape index (κ3) is 3.24. The third-order valence-electron chi connectivity index (χ3n) is 4.98. The largest absolute Gasteiger partial charge is 0.399 e. The molecule has 4 N–H and O–H groups in total. The van der Waals surface area contributed by atoms with Crippen LogP contribution < -0.4 is 16.4 Å². The van der Waals surface area contributed by atoms with E-state index in [1.54, 1.807) is 12.4 Å². The lowest BCUT2D eigenvalue weighted by Gasteiger charge is -2.39. The van der Waals surface area contributed by atoms with E-state index in [0.717, 1.165) is 49.5 Å². The van der Waals surface area contributed by atoms with Crippen molar-refractivity contribution in [3.05, 3.63) is 42.2 Å². The first-order valence-electron chi connectivity index (χ1n) is 8.65. The smallest absolute Gasteiger partial charge is 0.171 e. The van der Waals surface area contributed by atoms with Crippen LogP contribution in [0.1, 0.15) is 18.4 Å². The Labute approximate surface area is 147 Å². The molecule has 2 aliphatic heterocycles. The minimum Gasteiger partial charge on any atom is -0.399 e. The summed E-state index contributed by atoms with van der Waals surface area (Å²) in [6.07, 6.45) is 5.58. The molecule has 25 heavy (non-hydrogen) atoms. The minimum absolute atomic E-state index is 0.313. The van der Waals surface area contributed by atoms with Gasteiger partial charge in [0.1, 0.15) is 0 Å².